The number of phenols is 1. The highest BCUT2D eigenvalue weighted by molar-refractivity contribution is 5.78. The highest BCUT2D eigenvalue weighted by Gasteiger charge is 2.23. The summed E-state index contributed by atoms with van der Waals surface area (Å²) in [7, 11) is 4.50. The Morgan fingerprint density at radius 1 is 0.926 bits per heavy atom. The van der Waals surface area contributed by atoms with E-state index in [9.17, 15) is 9.90 Å². The fourth-order valence-corrected chi connectivity index (χ4v) is 2.44. The van der Waals surface area contributed by atoms with Gasteiger partial charge in [0, 0.05) is 6.07 Å². The van der Waals surface area contributed by atoms with Crippen LogP contribution >= 0.6 is 0 Å². The van der Waals surface area contributed by atoms with Crippen molar-refractivity contribution in [2.24, 2.45) is 0 Å². The van der Waals surface area contributed by atoms with Crippen molar-refractivity contribution in [1.29, 1.82) is 0 Å². The lowest BCUT2D eigenvalue weighted by Gasteiger charge is -2.16. The average Bonchev–Trinajstić information content (AvgIpc) is 2.74. The Bertz CT molecular complexity index is 660. The van der Waals surface area contributed by atoms with Gasteiger partial charge in [-0.15, -0.1) is 0 Å². The number of rotatable bonds is 6. The van der Waals surface area contributed by atoms with Crippen molar-refractivity contribution in [2.75, 3.05) is 21.3 Å². The average molecular weight is 376 g/mol. The maximum absolute atomic E-state index is 12.2. The van der Waals surface area contributed by atoms with E-state index < -0.39 is 5.92 Å². The maximum Gasteiger partial charge on any atom is 0.313 e. The Morgan fingerprint density at radius 3 is 1.93 bits per heavy atom. The molecule has 0 saturated heterocycles. The van der Waals surface area contributed by atoms with Crippen LogP contribution in [0.3, 0.4) is 0 Å². The van der Waals surface area contributed by atoms with Crippen molar-refractivity contribution in [2.45, 2.75) is 40.0 Å². The molecular formula is C22H32O5. The molecule has 5 nitrogen and oxygen atoms in total. The molecule has 0 aliphatic rings. The van der Waals surface area contributed by atoms with Crippen LogP contribution in [0.1, 0.15) is 44.7 Å². The summed E-state index contributed by atoms with van der Waals surface area (Å²) in [5, 5.41) is 9.65. The zero-order valence-electron chi connectivity index (χ0n) is 17.4. The lowest BCUT2D eigenvalue weighted by atomic mass is 9.91. The minimum atomic E-state index is -0.524. The number of esters is 1. The number of benzene rings is 2. The molecule has 0 aromatic heterocycles. The number of phenolic OH excluding ortho intramolecular Hbond substituents is 1. The number of hydrogen-bond acceptors (Lipinski definition) is 5. The fraction of sp³-hybridized carbons (Fsp3) is 0.409. The predicted molar refractivity (Wildman–Crippen MR) is 109 cm³/mol. The third kappa shape index (κ3) is 7.60. The topological polar surface area (TPSA) is 65.0 Å². The second kappa shape index (κ2) is 13.5. The standard InChI is InChI=1S/C18H20O5.2C2H6/c1-21-15-7-12(8-16(11-15)22-2)9-17(18(20)23-3)13-5-4-6-14(19)10-13;2*1-2/h4-8,10-11,17,19H,9H2,1-3H3;2*1-2H3. The van der Waals surface area contributed by atoms with Gasteiger partial charge in [-0.05, 0) is 41.8 Å². The van der Waals surface area contributed by atoms with Gasteiger partial charge in [-0.25, -0.2) is 0 Å². The molecule has 0 spiro atoms. The zero-order valence-corrected chi connectivity index (χ0v) is 17.4. The van der Waals surface area contributed by atoms with Crippen LogP contribution in [0.5, 0.6) is 17.2 Å². The van der Waals surface area contributed by atoms with Crippen molar-refractivity contribution in [3.05, 3.63) is 53.6 Å². The fourth-order valence-electron chi connectivity index (χ4n) is 2.44. The molecular weight excluding hydrogens is 344 g/mol. The van der Waals surface area contributed by atoms with Gasteiger partial charge in [-0.1, -0.05) is 39.8 Å². The third-order valence-electron chi connectivity index (χ3n) is 3.61. The van der Waals surface area contributed by atoms with Crippen LogP contribution in [0.25, 0.3) is 0 Å². The highest BCUT2D eigenvalue weighted by atomic mass is 16.5. The van der Waals surface area contributed by atoms with Crippen LogP contribution < -0.4 is 9.47 Å². The quantitative estimate of drug-likeness (QED) is 0.722. The van der Waals surface area contributed by atoms with Gasteiger partial charge in [0.05, 0.1) is 27.2 Å². The number of methoxy groups -OCH3 is 3. The van der Waals surface area contributed by atoms with Gasteiger partial charge in [-0.2, -0.15) is 0 Å². The summed E-state index contributed by atoms with van der Waals surface area (Å²) in [6.45, 7) is 8.00. The summed E-state index contributed by atoms with van der Waals surface area (Å²) in [6, 6.07) is 12.1. The van der Waals surface area contributed by atoms with Crippen molar-refractivity contribution in [3.8, 4) is 17.2 Å². The second-order valence-corrected chi connectivity index (χ2v) is 5.10. The van der Waals surface area contributed by atoms with E-state index in [1.807, 2.05) is 39.8 Å². The van der Waals surface area contributed by atoms with Gasteiger partial charge in [0.25, 0.3) is 0 Å². The van der Waals surface area contributed by atoms with E-state index in [-0.39, 0.29) is 11.7 Å². The van der Waals surface area contributed by atoms with Gasteiger partial charge in [0.1, 0.15) is 17.2 Å². The Labute approximate surface area is 162 Å². The van der Waals surface area contributed by atoms with E-state index in [1.165, 1.54) is 7.11 Å². The number of hydrogen-bond donors (Lipinski definition) is 1. The highest BCUT2D eigenvalue weighted by Crippen LogP contribution is 2.29. The molecule has 150 valence electrons. The Balaban J connectivity index is 0.00000158. The molecule has 0 amide bonds. The minimum absolute atomic E-state index is 0.111. The van der Waals surface area contributed by atoms with E-state index in [0.717, 1.165) is 5.56 Å². The first kappa shape index (κ1) is 24.3. The molecule has 1 N–H and O–H groups in total. The molecule has 2 aromatic carbocycles. The molecule has 1 unspecified atom stereocenters. The summed E-state index contributed by atoms with van der Waals surface area (Å²) in [4.78, 5) is 12.2. The van der Waals surface area contributed by atoms with Crippen molar-refractivity contribution < 1.29 is 24.1 Å². The zero-order chi connectivity index (χ0) is 20.8. The van der Waals surface area contributed by atoms with Crippen molar-refractivity contribution in [3.63, 3.8) is 0 Å². The molecule has 27 heavy (non-hydrogen) atoms. The molecule has 5 heteroatoms. The van der Waals surface area contributed by atoms with Crippen LogP contribution in [0.2, 0.25) is 0 Å². The maximum atomic E-state index is 12.2. The summed E-state index contributed by atoms with van der Waals surface area (Å²) < 4.78 is 15.4. The van der Waals surface area contributed by atoms with Crippen LogP contribution in [0.15, 0.2) is 42.5 Å². The summed E-state index contributed by atoms with van der Waals surface area (Å²) in [5.74, 6) is 0.527. The first-order chi connectivity index (χ1) is 13.1. The van der Waals surface area contributed by atoms with Crippen molar-refractivity contribution >= 4 is 5.97 Å². The molecule has 2 rings (SSSR count). The van der Waals surface area contributed by atoms with Crippen LogP contribution in [-0.4, -0.2) is 32.4 Å². The normalized spacial score (nSPS) is 10.3. The van der Waals surface area contributed by atoms with Gasteiger partial charge in [0.15, 0.2) is 0 Å². The van der Waals surface area contributed by atoms with Crippen molar-refractivity contribution in [1.82, 2.24) is 0 Å². The lowest BCUT2D eigenvalue weighted by molar-refractivity contribution is -0.142. The van der Waals surface area contributed by atoms with Gasteiger partial charge >= 0.3 is 5.97 Å². The lowest BCUT2D eigenvalue weighted by Crippen LogP contribution is -2.17. The van der Waals surface area contributed by atoms with Gasteiger partial charge in [-0.3, -0.25) is 4.79 Å². The molecule has 0 aliphatic carbocycles. The predicted octanol–water partition coefficient (Wildman–Crippen LogP) is 4.96. The molecule has 0 saturated carbocycles. The van der Waals surface area contributed by atoms with E-state index in [0.29, 0.717) is 23.5 Å². The van der Waals surface area contributed by atoms with Gasteiger partial charge < -0.3 is 19.3 Å². The van der Waals surface area contributed by atoms with E-state index in [2.05, 4.69) is 0 Å². The molecule has 0 radical (unpaired) electrons. The Morgan fingerprint density at radius 2 is 1.48 bits per heavy atom. The van der Waals surface area contributed by atoms with Crippen LogP contribution in [0, 0.1) is 0 Å². The minimum Gasteiger partial charge on any atom is -0.508 e. The summed E-state index contributed by atoms with van der Waals surface area (Å²) in [6.07, 6.45) is 0.406. The van der Waals surface area contributed by atoms with Gasteiger partial charge in [0.2, 0.25) is 0 Å². The van der Waals surface area contributed by atoms with E-state index in [4.69, 9.17) is 14.2 Å². The molecule has 0 fully saturated rings. The molecule has 0 heterocycles. The molecule has 0 bridgehead atoms. The Hall–Kier alpha value is -2.69. The monoisotopic (exact) mass is 376 g/mol. The molecule has 2 aromatic rings. The Kier molecular flexibility index (Phi) is 12.2. The first-order valence-electron chi connectivity index (χ1n) is 9.16. The van der Waals surface area contributed by atoms with Crippen LogP contribution in [0.4, 0.5) is 0 Å². The largest absolute Gasteiger partial charge is 0.508 e. The number of carbonyl (C=O) groups is 1. The third-order valence-corrected chi connectivity index (χ3v) is 3.61. The number of aromatic hydroxyl groups is 1. The molecule has 1 atom stereocenters. The SMILES string of the molecule is CC.CC.COC(=O)C(Cc1cc(OC)cc(OC)c1)c1cccc(O)c1. The molecule has 0 aliphatic heterocycles. The van der Waals surface area contributed by atoms with E-state index >= 15 is 0 Å². The summed E-state index contributed by atoms with van der Waals surface area (Å²) >= 11 is 0. The van der Waals surface area contributed by atoms with E-state index in [1.54, 1.807) is 44.6 Å². The number of carbonyl (C=O) groups excluding carboxylic acids is 1. The number of ether oxygens (including phenoxy) is 3. The second-order valence-electron chi connectivity index (χ2n) is 5.10. The summed E-state index contributed by atoms with van der Waals surface area (Å²) in [5.41, 5.74) is 1.57. The first-order valence-corrected chi connectivity index (χ1v) is 9.16. The van der Waals surface area contributed by atoms with Crippen LogP contribution in [-0.2, 0) is 16.0 Å². The smallest absolute Gasteiger partial charge is 0.313 e.